The Morgan fingerprint density at radius 1 is 0.947 bits per heavy atom. The lowest BCUT2D eigenvalue weighted by atomic mass is 10.00. The normalized spacial score (nSPS) is 23.2. The molecule has 0 aliphatic carbocycles. The molecule has 0 saturated carbocycles. The SMILES string of the molecule is CC1C(=O)N(CCCCc2ccccc2)C(=O)C1C. The van der Waals surface area contributed by atoms with Crippen LogP contribution in [-0.4, -0.2) is 23.3 Å². The minimum absolute atomic E-state index is 0.00258. The molecule has 0 N–H and O–H groups in total. The first-order valence-electron chi connectivity index (χ1n) is 7.00. The number of imide groups is 1. The summed E-state index contributed by atoms with van der Waals surface area (Å²) in [5.41, 5.74) is 1.31. The van der Waals surface area contributed by atoms with E-state index in [1.807, 2.05) is 32.0 Å². The molecule has 2 atom stereocenters. The summed E-state index contributed by atoms with van der Waals surface area (Å²) in [6, 6.07) is 10.3. The topological polar surface area (TPSA) is 37.4 Å². The highest BCUT2D eigenvalue weighted by molar-refractivity contribution is 6.04. The van der Waals surface area contributed by atoms with Crippen LogP contribution in [0, 0.1) is 11.8 Å². The Balaban J connectivity index is 1.77. The number of aryl methyl sites for hydroxylation is 1. The number of carbonyl (C=O) groups excluding carboxylic acids is 2. The molecular weight excluding hydrogens is 238 g/mol. The fourth-order valence-electron chi connectivity index (χ4n) is 2.49. The van der Waals surface area contributed by atoms with Gasteiger partial charge in [0.05, 0.1) is 0 Å². The number of hydrogen-bond acceptors (Lipinski definition) is 2. The minimum Gasteiger partial charge on any atom is -0.282 e. The summed E-state index contributed by atoms with van der Waals surface area (Å²) < 4.78 is 0. The number of nitrogens with zero attached hydrogens (tertiary/aromatic N) is 1. The maximum absolute atomic E-state index is 11.9. The summed E-state index contributed by atoms with van der Waals surface area (Å²) in [7, 11) is 0. The molecule has 3 nitrogen and oxygen atoms in total. The van der Waals surface area contributed by atoms with E-state index in [9.17, 15) is 9.59 Å². The largest absolute Gasteiger partial charge is 0.282 e. The van der Waals surface area contributed by atoms with Crippen molar-refractivity contribution < 1.29 is 9.59 Å². The molecule has 1 aromatic carbocycles. The van der Waals surface area contributed by atoms with Gasteiger partial charge >= 0.3 is 0 Å². The van der Waals surface area contributed by atoms with E-state index in [0.717, 1.165) is 19.3 Å². The molecule has 1 heterocycles. The predicted molar refractivity (Wildman–Crippen MR) is 74.4 cm³/mol. The van der Waals surface area contributed by atoms with Crippen LogP contribution in [0.2, 0.25) is 0 Å². The lowest BCUT2D eigenvalue weighted by Crippen LogP contribution is -2.31. The molecule has 1 aromatic rings. The summed E-state index contributed by atoms with van der Waals surface area (Å²) in [6.45, 7) is 4.25. The van der Waals surface area contributed by atoms with Crippen LogP contribution in [0.15, 0.2) is 30.3 Å². The van der Waals surface area contributed by atoms with Gasteiger partial charge in [-0.25, -0.2) is 0 Å². The molecule has 1 saturated heterocycles. The number of likely N-dealkylation sites (tertiary alicyclic amines) is 1. The van der Waals surface area contributed by atoms with E-state index in [1.54, 1.807) is 0 Å². The highest BCUT2D eigenvalue weighted by Crippen LogP contribution is 2.25. The number of rotatable bonds is 5. The molecule has 0 aromatic heterocycles. The molecule has 19 heavy (non-hydrogen) atoms. The van der Waals surface area contributed by atoms with Gasteiger partial charge in [0.25, 0.3) is 0 Å². The molecule has 2 unspecified atom stereocenters. The van der Waals surface area contributed by atoms with E-state index < -0.39 is 0 Å². The summed E-state index contributed by atoms with van der Waals surface area (Å²) in [6.07, 6.45) is 2.89. The van der Waals surface area contributed by atoms with Gasteiger partial charge in [0.1, 0.15) is 0 Å². The maximum atomic E-state index is 11.9. The Morgan fingerprint density at radius 2 is 1.53 bits per heavy atom. The third-order valence-corrected chi connectivity index (χ3v) is 4.00. The fourth-order valence-corrected chi connectivity index (χ4v) is 2.49. The number of carbonyl (C=O) groups is 2. The van der Waals surface area contributed by atoms with Gasteiger partial charge in [-0.05, 0) is 24.8 Å². The predicted octanol–water partition coefficient (Wildman–Crippen LogP) is 2.65. The first kappa shape index (κ1) is 13.8. The van der Waals surface area contributed by atoms with Gasteiger partial charge in [-0.2, -0.15) is 0 Å². The van der Waals surface area contributed by atoms with Crippen LogP contribution < -0.4 is 0 Å². The first-order valence-corrected chi connectivity index (χ1v) is 7.00. The maximum Gasteiger partial charge on any atom is 0.232 e. The second-order valence-corrected chi connectivity index (χ2v) is 5.35. The molecular formula is C16H21NO2. The standard InChI is InChI=1S/C16H21NO2/c1-12-13(2)16(19)17(15(12)18)11-7-6-10-14-8-4-3-5-9-14/h3-5,8-9,12-13H,6-7,10-11H2,1-2H3. The molecule has 0 bridgehead atoms. The summed E-state index contributed by atoms with van der Waals surface area (Å²) in [5, 5.41) is 0. The van der Waals surface area contributed by atoms with Crippen molar-refractivity contribution >= 4 is 11.8 Å². The van der Waals surface area contributed by atoms with E-state index in [4.69, 9.17) is 0 Å². The van der Waals surface area contributed by atoms with Crippen molar-refractivity contribution in [1.29, 1.82) is 0 Å². The van der Waals surface area contributed by atoms with Crippen molar-refractivity contribution in [1.82, 2.24) is 4.90 Å². The van der Waals surface area contributed by atoms with Crippen molar-refractivity contribution in [2.24, 2.45) is 11.8 Å². The number of benzene rings is 1. The average molecular weight is 259 g/mol. The summed E-state index contributed by atoms with van der Waals surface area (Å²) in [4.78, 5) is 25.2. The second kappa shape index (κ2) is 6.00. The lowest BCUT2D eigenvalue weighted by Gasteiger charge is -2.14. The highest BCUT2D eigenvalue weighted by atomic mass is 16.2. The lowest BCUT2D eigenvalue weighted by molar-refractivity contribution is -0.139. The minimum atomic E-state index is -0.151. The van der Waals surface area contributed by atoms with Gasteiger partial charge in [0.2, 0.25) is 11.8 Å². The molecule has 102 valence electrons. The van der Waals surface area contributed by atoms with E-state index in [2.05, 4.69) is 12.1 Å². The molecule has 2 rings (SSSR count). The van der Waals surface area contributed by atoms with E-state index in [-0.39, 0.29) is 23.7 Å². The molecule has 0 radical (unpaired) electrons. The Kier molecular flexibility index (Phi) is 4.35. The zero-order valence-electron chi connectivity index (χ0n) is 11.6. The monoisotopic (exact) mass is 259 g/mol. The van der Waals surface area contributed by atoms with Crippen LogP contribution in [0.5, 0.6) is 0 Å². The third-order valence-electron chi connectivity index (χ3n) is 4.00. The molecule has 1 aliphatic heterocycles. The van der Waals surface area contributed by atoms with E-state index >= 15 is 0 Å². The van der Waals surface area contributed by atoms with Crippen molar-refractivity contribution in [3.05, 3.63) is 35.9 Å². The number of hydrogen-bond donors (Lipinski definition) is 0. The van der Waals surface area contributed by atoms with Crippen molar-refractivity contribution in [3.63, 3.8) is 0 Å². The molecule has 1 fully saturated rings. The van der Waals surface area contributed by atoms with Gasteiger partial charge < -0.3 is 0 Å². The van der Waals surface area contributed by atoms with Gasteiger partial charge in [0.15, 0.2) is 0 Å². The smallest absolute Gasteiger partial charge is 0.232 e. The zero-order chi connectivity index (χ0) is 13.8. The quantitative estimate of drug-likeness (QED) is 0.602. The Hall–Kier alpha value is -1.64. The molecule has 0 spiro atoms. The summed E-state index contributed by atoms with van der Waals surface area (Å²) >= 11 is 0. The highest BCUT2D eigenvalue weighted by Gasteiger charge is 2.41. The van der Waals surface area contributed by atoms with Crippen molar-refractivity contribution in [2.45, 2.75) is 33.1 Å². The number of amides is 2. The van der Waals surface area contributed by atoms with E-state index in [0.29, 0.717) is 6.54 Å². The summed E-state index contributed by atoms with van der Waals surface area (Å²) in [5.74, 6) is -0.308. The molecule has 1 aliphatic rings. The molecule has 3 heteroatoms. The third kappa shape index (κ3) is 3.03. The van der Waals surface area contributed by atoms with Gasteiger partial charge in [-0.3, -0.25) is 14.5 Å². The first-order chi connectivity index (χ1) is 9.11. The van der Waals surface area contributed by atoms with Crippen molar-refractivity contribution in [3.8, 4) is 0 Å². The number of unbranched alkanes of at least 4 members (excludes halogenated alkanes) is 1. The van der Waals surface area contributed by atoms with Gasteiger partial charge in [-0.1, -0.05) is 44.2 Å². The average Bonchev–Trinajstić information content (AvgIpc) is 2.62. The molecule has 2 amide bonds. The Morgan fingerprint density at radius 3 is 2.11 bits per heavy atom. The Labute approximate surface area is 114 Å². The van der Waals surface area contributed by atoms with Crippen LogP contribution in [0.3, 0.4) is 0 Å². The van der Waals surface area contributed by atoms with Gasteiger partial charge in [-0.15, -0.1) is 0 Å². The van der Waals surface area contributed by atoms with E-state index in [1.165, 1.54) is 10.5 Å². The van der Waals surface area contributed by atoms with Crippen LogP contribution in [-0.2, 0) is 16.0 Å². The van der Waals surface area contributed by atoms with Crippen LogP contribution in [0.25, 0.3) is 0 Å². The van der Waals surface area contributed by atoms with Crippen LogP contribution in [0.1, 0.15) is 32.3 Å². The van der Waals surface area contributed by atoms with Crippen molar-refractivity contribution in [2.75, 3.05) is 6.54 Å². The van der Waals surface area contributed by atoms with Gasteiger partial charge in [0, 0.05) is 18.4 Å². The van der Waals surface area contributed by atoms with Crippen LogP contribution in [0.4, 0.5) is 0 Å². The van der Waals surface area contributed by atoms with Crippen LogP contribution >= 0.6 is 0 Å². The fraction of sp³-hybridized carbons (Fsp3) is 0.500. The zero-order valence-corrected chi connectivity index (χ0v) is 11.6. The second-order valence-electron chi connectivity index (χ2n) is 5.35. The Bertz CT molecular complexity index is 435.